The van der Waals surface area contributed by atoms with Crippen LogP contribution in [0.4, 0.5) is 27.8 Å². The van der Waals surface area contributed by atoms with E-state index in [4.69, 9.17) is 0 Å². The molecule has 2 atom stereocenters. The normalized spacial score (nSPS) is 20.8. The topological polar surface area (TPSA) is 162 Å². The first-order valence-electron chi connectivity index (χ1n) is 18.3. The molecule has 2 saturated heterocycles. The maximum atomic E-state index is 14.8. The second-order valence-corrected chi connectivity index (χ2v) is 14.5. The lowest BCUT2D eigenvalue weighted by Crippen LogP contribution is -2.45. The van der Waals surface area contributed by atoms with E-state index in [1.54, 1.807) is 36.2 Å². The molecule has 1 aromatic carbocycles. The minimum Gasteiger partial charge on any atom is -0.305 e. The number of nitrogens with one attached hydrogen (secondary N) is 2. The van der Waals surface area contributed by atoms with Crippen LogP contribution in [0.1, 0.15) is 91.1 Å². The van der Waals surface area contributed by atoms with Gasteiger partial charge in [0.05, 0.1) is 48.1 Å². The van der Waals surface area contributed by atoms with Crippen LogP contribution in [0.5, 0.6) is 0 Å². The predicted molar refractivity (Wildman–Crippen MR) is 193 cm³/mol. The van der Waals surface area contributed by atoms with Crippen LogP contribution < -0.4 is 16.3 Å². The number of alkyl halides is 5. The molecule has 2 N–H and O–H groups in total. The molecule has 0 bridgehead atoms. The van der Waals surface area contributed by atoms with Gasteiger partial charge in [-0.05, 0) is 57.0 Å². The number of rotatable bonds is 5. The number of carbonyl (C=O) groups excluding carboxylic acids is 3. The van der Waals surface area contributed by atoms with Crippen molar-refractivity contribution in [1.29, 1.82) is 0 Å². The lowest BCUT2D eigenvalue weighted by atomic mass is 9.85. The Kier molecular flexibility index (Phi) is 10.5. The zero-order valence-corrected chi connectivity index (χ0v) is 30.5. The summed E-state index contributed by atoms with van der Waals surface area (Å²) in [6.45, 7) is 0.203. The minimum atomic E-state index is -4.67. The van der Waals surface area contributed by atoms with Crippen molar-refractivity contribution in [3.8, 4) is 0 Å². The van der Waals surface area contributed by atoms with Crippen molar-refractivity contribution < 1.29 is 36.3 Å². The first-order chi connectivity index (χ1) is 26.6. The number of likely N-dealkylation sites (tertiary alicyclic amines) is 1. The summed E-state index contributed by atoms with van der Waals surface area (Å²) in [7, 11) is 3.20. The second kappa shape index (κ2) is 15.2. The molecule has 56 heavy (non-hydrogen) atoms. The molecule has 14 nitrogen and oxygen atoms in total. The second-order valence-electron chi connectivity index (χ2n) is 14.5. The zero-order chi connectivity index (χ0) is 39.9. The molecular weight excluding hydrogens is 743 g/mol. The Morgan fingerprint density at radius 2 is 1.77 bits per heavy atom. The zero-order valence-electron chi connectivity index (χ0n) is 30.5. The highest BCUT2D eigenvalue weighted by Crippen LogP contribution is 2.42. The van der Waals surface area contributed by atoms with E-state index in [2.05, 4.69) is 30.7 Å². The number of piperidine rings is 2. The first kappa shape index (κ1) is 38.7. The molecule has 2 aliphatic heterocycles. The third-order valence-corrected chi connectivity index (χ3v) is 10.6. The number of aromatic nitrogens is 7. The Labute approximate surface area is 316 Å². The molecule has 3 aliphatic rings. The van der Waals surface area contributed by atoms with Gasteiger partial charge in [-0.1, -0.05) is 31.4 Å². The quantitative estimate of drug-likeness (QED) is 0.176. The molecule has 0 spiro atoms. The van der Waals surface area contributed by atoms with Crippen LogP contribution in [0, 0.1) is 0 Å². The van der Waals surface area contributed by atoms with E-state index in [1.165, 1.54) is 41.6 Å². The number of para-hydroxylation sites is 1. The van der Waals surface area contributed by atoms with Gasteiger partial charge in [-0.2, -0.15) is 18.3 Å². The number of anilines is 1. The number of fused-ring (bicyclic) bond motifs is 2. The van der Waals surface area contributed by atoms with Crippen LogP contribution in [0.15, 0.2) is 53.8 Å². The Morgan fingerprint density at radius 3 is 2.48 bits per heavy atom. The maximum absolute atomic E-state index is 14.8. The predicted octanol–water partition coefficient (Wildman–Crippen LogP) is 5.37. The summed E-state index contributed by atoms with van der Waals surface area (Å²) in [5.41, 5.74) is -0.135. The highest BCUT2D eigenvalue weighted by molar-refractivity contribution is 6.03. The van der Waals surface area contributed by atoms with Crippen molar-refractivity contribution in [1.82, 2.24) is 44.1 Å². The average Bonchev–Trinajstić information content (AvgIpc) is 3.69. The minimum absolute atomic E-state index is 0.131. The molecular formula is C37H39F5N10O4. The Morgan fingerprint density at radius 1 is 1.00 bits per heavy atom. The number of hydrogen-bond donors (Lipinski definition) is 2. The van der Waals surface area contributed by atoms with Gasteiger partial charge < -0.3 is 10.2 Å². The molecule has 4 aromatic heterocycles. The Hall–Kier alpha value is -5.59. The smallest absolute Gasteiger partial charge is 0.305 e. The Bertz CT molecular complexity index is 2360. The van der Waals surface area contributed by atoms with Crippen molar-refractivity contribution in [2.45, 2.75) is 81.5 Å². The SMILES string of the molecule is CN1CCC(c2cccc3c2n(C)c(=O)n3C2CCC(=O)NC2=O)C(F)(F)C1.O=C(Nc1cc2cn(C3CCCCC3)nc2cn1)c1cncc(C(F)(F)F)n1. The molecule has 19 heteroatoms. The fraction of sp³-hybridized carbons (Fsp3) is 0.459. The first-order valence-corrected chi connectivity index (χ1v) is 18.3. The molecule has 1 saturated carbocycles. The van der Waals surface area contributed by atoms with Crippen molar-refractivity contribution in [2.75, 3.05) is 25.5 Å². The number of pyridine rings is 1. The number of imide groups is 1. The van der Waals surface area contributed by atoms with Gasteiger partial charge >= 0.3 is 11.9 Å². The third kappa shape index (κ3) is 7.76. The van der Waals surface area contributed by atoms with E-state index in [9.17, 15) is 41.1 Å². The standard InChI is InChI=1S/C19H22F2N4O3.C18H17F3N6O/c1-23-9-8-12(19(20,21)10-23)11-4-3-5-13-16(11)24(2)18(28)25(13)14-6-7-15(26)22-17(14)27;19-18(20,21)15-9-22-7-14(24-15)17(28)25-16-6-11-10-27(26-13(11)8-23-16)12-4-2-1-3-5-12/h3-5,12,14H,6-10H2,1-2H3,(H,22,26,27);6-10,12H,1-5H2,(H,25,28). The number of amides is 3. The number of benzene rings is 1. The van der Waals surface area contributed by atoms with E-state index in [1.807, 2.05) is 10.9 Å². The van der Waals surface area contributed by atoms with Gasteiger partial charge in [0.2, 0.25) is 11.8 Å². The van der Waals surface area contributed by atoms with Crippen molar-refractivity contribution in [3.05, 3.63) is 76.5 Å². The van der Waals surface area contributed by atoms with Gasteiger partial charge in [0.15, 0.2) is 5.69 Å². The van der Waals surface area contributed by atoms with E-state index in [0.29, 0.717) is 40.9 Å². The van der Waals surface area contributed by atoms with Crippen LogP contribution in [0.2, 0.25) is 0 Å². The summed E-state index contributed by atoms with van der Waals surface area (Å²) in [5.74, 6) is -5.45. The van der Waals surface area contributed by atoms with Gasteiger partial charge in [-0.25, -0.2) is 23.5 Å². The van der Waals surface area contributed by atoms with Crippen LogP contribution in [-0.4, -0.2) is 82.5 Å². The average molecular weight is 783 g/mol. The van der Waals surface area contributed by atoms with Gasteiger partial charge in [0.1, 0.15) is 23.1 Å². The molecule has 8 rings (SSSR count). The fourth-order valence-electron chi connectivity index (χ4n) is 7.81. The van der Waals surface area contributed by atoms with Crippen molar-refractivity contribution >= 4 is 45.5 Å². The van der Waals surface area contributed by atoms with Crippen LogP contribution in [0.3, 0.4) is 0 Å². The molecule has 0 radical (unpaired) electrons. The maximum Gasteiger partial charge on any atom is 0.434 e. The van der Waals surface area contributed by atoms with E-state index < -0.39 is 53.0 Å². The molecule has 6 heterocycles. The largest absolute Gasteiger partial charge is 0.434 e. The van der Waals surface area contributed by atoms with Crippen molar-refractivity contribution in [3.63, 3.8) is 0 Å². The number of nitrogens with zero attached hydrogens (tertiary/aromatic N) is 8. The summed E-state index contributed by atoms with van der Waals surface area (Å²) >= 11 is 0. The fourth-order valence-corrected chi connectivity index (χ4v) is 7.81. The van der Waals surface area contributed by atoms with Gasteiger partial charge in [0.25, 0.3) is 11.8 Å². The number of halogens is 5. The van der Waals surface area contributed by atoms with Gasteiger partial charge in [-0.15, -0.1) is 0 Å². The van der Waals surface area contributed by atoms with Crippen LogP contribution in [0.25, 0.3) is 21.9 Å². The molecule has 1 aliphatic carbocycles. The summed E-state index contributed by atoms with van der Waals surface area (Å²) in [5, 5.41) is 10.1. The van der Waals surface area contributed by atoms with Crippen molar-refractivity contribution in [2.24, 2.45) is 7.05 Å². The molecule has 3 fully saturated rings. The number of carbonyl (C=O) groups is 3. The van der Waals surface area contributed by atoms with E-state index >= 15 is 0 Å². The Balaban J connectivity index is 0.000000172. The molecule has 5 aromatic rings. The summed E-state index contributed by atoms with van der Waals surface area (Å²) in [4.78, 5) is 61.4. The van der Waals surface area contributed by atoms with Crippen LogP contribution in [-0.2, 0) is 22.8 Å². The molecule has 2 unspecified atom stereocenters. The lowest BCUT2D eigenvalue weighted by Gasteiger charge is -2.37. The lowest BCUT2D eigenvalue weighted by molar-refractivity contribution is -0.141. The highest BCUT2D eigenvalue weighted by Gasteiger charge is 2.45. The van der Waals surface area contributed by atoms with Gasteiger partial charge in [0, 0.05) is 25.1 Å². The summed E-state index contributed by atoms with van der Waals surface area (Å²) in [6.07, 6.45) is 6.70. The van der Waals surface area contributed by atoms with E-state index in [0.717, 1.165) is 24.4 Å². The monoisotopic (exact) mass is 782 g/mol. The summed E-state index contributed by atoms with van der Waals surface area (Å²) < 4.78 is 72.4. The number of aryl methyl sites for hydroxylation is 1. The van der Waals surface area contributed by atoms with Gasteiger partial charge in [-0.3, -0.25) is 38.5 Å². The number of hydrogen-bond acceptors (Lipinski definition) is 9. The highest BCUT2D eigenvalue weighted by atomic mass is 19.4. The number of imidazole rings is 1. The summed E-state index contributed by atoms with van der Waals surface area (Å²) in [6, 6.07) is 6.12. The van der Waals surface area contributed by atoms with E-state index in [-0.39, 0.29) is 37.5 Å². The molecule has 3 amide bonds. The molecule has 296 valence electrons. The van der Waals surface area contributed by atoms with Crippen LogP contribution >= 0.6 is 0 Å². The third-order valence-electron chi connectivity index (χ3n) is 10.6.